The van der Waals surface area contributed by atoms with Crippen LogP contribution in [0, 0.1) is 24.1 Å². The number of aryl methyl sites for hydroxylation is 1. The van der Waals surface area contributed by atoms with Crippen LogP contribution in [0.4, 0.5) is 10.1 Å². The Balaban J connectivity index is 0.957. The average molecular weight is 684 g/mol. The van der Waals surface area contributed by atoms with E-state index in [4.69, 9.17) is 19.7 Å². The van der Waals surface area contributed by atoms with E-state index in [0.717, 1.165) is 71.7 Å². The monoisotopic (exact) mass is 683 g/mol. The van der Waals surface area contributed by atoms with Crippen molar-refractivity contribution in [2.24, 2.45) is 0 Å². The molecule has 4 aromatic heterocycles. The summed E-state index contributed by atoms with van der Waals surface area (Å²) < 4.78 is 28.2. The first-order valence-corrected chi connectivity index (χ1v) is 16.8. The Morgan fingerprint density at radius 3 is 2.86 bits per heavy atom. The van der Waals surface area contributed by atoms with Gasteiger partial charge in [-0.2, -0.15) is 10.4 Å². The number of halogens is 1. The van der Waals surface area contributed by atoms with Crippen LogP contribution in [-0.2, 0) is 24.4 Å². The quantitative estimate of drug-likeness (QED) is 0.179. The molecule has 0 saturated carbocycles. The zero-order valence-corrected chi connectivity index (χ0v) is 27.9. The normalized spacial score (nSPS) is 16.1. The van der Waals surface area contributed by atoms with E-state index in [2.05, 4.69) is 41.0 Å². The molecule has 1 fully saturated rings. The number of aromatic nitrogens is 6. The van der Waals surface area contributed by atoms with Gasteiger partial charge < -0.3 is 19.4 Å². The third kappa shape index (κ3) is 6.79. The van der Waals surface area contributed by atoms with Crippen LogP contribution in [0.15, 0.2) is 72.9 Å². The van der Waals surface area contributed by atoms with E-state index in [1.54, 1.807) is 24.3 Å². The number of ether oxygens (including phenoxy) is 2. The van der Waals surface area contributed by atoms with Crippen molar-refractivity contribution in [2.75, 3.05) is 25.0 Å². The molecule has 1 amide bonds. The smallest absolute Gasteiger partial charge is 0.257 e. The van der Waals surface area contributed by atoms with Gasteiger partial charge in [-0.3, -0.25) is 14.8 Å². The molecule has 0 unspecified atom stereocenters. The van der Waals surface area contributed by atoms with Crippen LogP contribution in [0.25, 0.3) is 27.6 Å². The Hall–Kier alpha value is -5.97. The third-order valence-electron chi connectivity index (χ3n) is 9.40. The fraction of sp³-hybridized carbons (Fsp3) is 0.263. The van der Waals surface area contributed by atoms with Gasteiger partial charge in [-0.1, -0.05) is 18.2 Å². The molecule has 51 heavy (non-hydrogen) atoms. The highest BCUT2D eigenvalue weighted by atomic mass is 19.1. The summed E-state index contributed by atoms with van der Waals surface area (Å²) in [5.41, 5.74) is 6.90. The molecule has 2 aromatic carbocycles. The SMILES string of the molecule is Cc1[nH]nc2ncc(C(=O)Nc3ccc4c(c3)nc(CN3CC=C(c5cccc(OCc6ccc(C#N)cc6F)n5)CC3)n4C[C@@H]3CCO3)cc12. The number of carbonyl (C=O) groups is 1. The van der Waals surface area contributed by atoms with Crippen molar-refractivity contribution in [1.29, 1.82) is 5.26 Å². The Kier molecular flexibility index (Phi) is 8.69. The van der Waals surface area contributed by atoms with Gasteiger partial charge in [0, 0.05) is 54.3 Å². The number of nitrogens with zero attached hydrogens (tertiary/aromatic N) is 7. The summed E-state index contributed by atoms with van der Waals surface area (Å²) in [7, 11) is 0. The minimum Gasteiger partial charge on any atom is -0.473 e. The largest absolute Gasteiger partial charge is 0.473 e. The molecule has 6 heterocycles. The fourth-order valence-electron chi connectivity index (χ4n) is 6.41. The second-order valence-electron chi connectivity index (χ2n) is 12.8. The summed E-state index contributed by atoms with van der Waals surface area (Å²) in [5.74, 6) is 0.616. The molecular formula is C38H34FN9O3. The van der Waals surface area contributed by atoms with Crippen LogP contribution in [0.3, 0.4) is 0 Å². The lowest BCUT2D eigenvalue weighted by Crippen LogP contribution is -2.33. The number of nitrogens with one attached hydrogen (secondary N) is 2. The fourth-order valence-corrected chi connectivity index (χ4v) is 6.41. The number of benzene rings is 2. The molecule has 2 aliphatic rings. The van der Waals surface area contributed by atoms with E-state index >= 15 is 0 Å². The van der Waals surface area contributed by atoms with Crippen molar-refractivity contribution < 1.29 is 18.7 Å². The Labute approximate surface area is 292 Å². The number of hydrogen-bond acceptors (Lipinski definition) is 9. The number of imidazole rings is 1. The molecule has 1 atom stereocenters. The van der Waals surface area contributed by atoms with Crippen LogP contribution < -0.4 is 10.1 Å². The maximum absolute atomic E-state index is 14.3. The van der Waals surface area contributed by atoms with Crippen LogP contribution >= 0.6 is 0 Å². The lowest BCUT2D eigenvalue weighted by atomic mass is 10.0. The van der Waals surface area contributed by atoms with Gasteiger partial charge in [-0.05, 0) is 67.8 Å². The number of nitriles is 1. The van der Waals surface area contributed by atoms with Gasteiger partial charge in [0.15, 0.2) is 5.65 Å². The van der Waals surface area contributed by atoms with E-state index in [1.165, 1.54) is 12.3 Å². The lowest BCUT2D eigenvalue weighted by Gasteiger charge is -2.29. The maximum atomic E-state index is 14.3. The molecule has 2 N–H and O–H groups in total. The number of rotatable bonds is 10. The highest BCUT2D eigenvalue weighted by Crippen LogP contribution is 2.28. The van der Waals surface area contributed by atoms with Crippen LogP contribution in [0.1, 0.15) is 51.5 Å². The summed E-state index contributed by atoms with van der Waals surface area (Å²) >= 11 is 0. The van der Waals surface area contributed by atoms with Crippen molar-refractivity contribution in [3.8, 4) is 11.9 Å². The van der Waals surface area contributed by atoms with E-state index in [9.17, 15) is 9.18 Å². The van der Waals surface area contributed by atoms with E-state index in [1.807, 2.05) is 43.3 Å². The summed E-state index contributed by atoms with van der Waals surface area (Å²) in [6, 6.07) is 19.5. The van der Waals surface area contributed by atoms with Gasteiger partial charge in [0.25, 0.3) is 5.91 Å². The molecule has 0 bridgehead atoms. The topological polar surface area (TPSA) is 147 Å². The zero-order chi connectivity index (χ0) is 34.9. The molecule has 8 rings (SSSR count). The lowest BCUT2D eigenvalue weighted by molar-refractivity contribution is -0.0591. The minimum atomic E-state index is -0.478. The summed E-state index contributed by atoms with van der Waals surface area (Å²) in [4.78, 5) is 29.6. The predicted molar refractivity (Wildman–Crippen MR) is 188 cm³/mol. The van der Waals surface area contributed by atoms with E-state index < -0.39 is 5.82 Å². The molecule has 6 aromatic rings. The number of carbonyl (C=O) groups excluding carboxylic acids is 1. The van der Waals surface area contributed by atoms with Crippen molar-refractivity contribution in [3.05, 3.63) is 113 Å². The van der Waals surface area contributed by atoms with E-state index in [0.29, 0.717) is 41.4 Å². The standard InChI is InChI=1S/C38H34FN9O3/c1-23-30-16-27(19-41-37(30)46-45-23)38(49)42-28-7-8-34-33(17-28)43-35(48(34)20-29-11-14-50-29)21-47-12-9-25(10-13-47)32-3-2-4-36(44-32)51-22-26-6-5-24(18-40)15-31(26)39/h2-9,15-17,19,29H,10-14,20-22H2,1H3,(H,42,49)(H,41,45,46)/t29-/m0/s1. The zero-order valence-electron chi connectivity index (χ0n) is 27.9. The highest BCUT2D eigenvalue weighted by molar-refractivity contribution is 6.06. The molecule has 1 saturated heterocycles. The number of aromatic amines is 1. The molecule has 0 spiro atoms. The van der Waals surface area contributed by atoms with Crippen molar-refractivity contribution in [1.82, 2.24) is 34.6 Å². The first-order valence-electron chi connectivity index (χ1n) is 16.8. The first kappa shape index (κ1) is 32.2. The van der Waals surface area contributed by atoms with Crippen molar-refractivity contribution in [2.45, 2.75) is 45.6 Å². The van der Waals surface area contributed by atoms with Gasteiger partial charge in [0.05, 0.1) is 53.1 Å². The van der Waals surface area contributed by atoms with Crippen molar-refractivity contribution in [3.63, 3.8) is 0 Å². The Morgan fingerprint density at radius 2 is 2.08 bits per heavy atom. The highest BCUT2D eigenvalue weighted by Gasteiger charge is 2.24. The first-order chi connectivity index (χ1) is 24.9. The van der Waals surface area contributed by atoms with Gasteiger partial charge in [-0.25, -0.2) is 19.3 Å². The molecule has 256 valence electrons. The summed E-state index contributed by atoms with van der Waals surface area (Å²) in [6.07, 6.45) is 5.67. The molecular weight excluding hydrogens is 649 g/mol. The molecule has 13 heteroatoms. The second kappa shape index (κ2) is 13.7. The molecule has 2 aliphatic heterocycles. The van der Waals surface area contributed by atoms with Crippen LogP contribution in [0.5, 0.6) is 5.88 Å². The Bertz CT molecular complexity index is 2350. The van der Waals surface area contributed by atoms with Crippen LogP contribution in [-0.4, -0.2) is 66.3 Å². The minimum absolute atomic E-state index is 0.0149. The van der Waals surface area contributed by atoms with Gasteiger partial charge >= 0.3 is 0 Å². The number of hydrogen-bond donors (Lipinski definition) is 2. The maximum Gasteiger partial charge on any atom is 0.257 e. The van der Waals surface area contributed by atoms with Crippen molar-refractivity contribution >= 4 is 39.2 Å². The number of amides is 1. The summed E-state index contributed by atoms with van der Waals surface area (Å²) in [6.45, 7) is 5.58. The average Bonchev–Trinajstić information content (AvgIpc) is 3.67. The predicted octanol–water partition coefficient (Wildman–Crippen LogP) is 5.93. The number of anilines is 1. The molecule has 0 radical (unpaired) electrons. The number of H-pyrrole nitrogens is 1. The number of pyridine rings is 2. The molecule has 12 nitrogen and oxygen atoms in total. The third-order valence-corrected chi connectivity index (χ3v) is 9.40. The van der Waals surface area contributed by atoms with Gasteiger partial charge in [0.2, 0.25) is 5.88 Å². The second-order valence-corrected chi connectivity index (χ2v) is 12.8. The summed E-state index contributed by atoms with van der Waals surface area (Å²) in [5, 5.41) is 19.8. The van der Waals surface area contributed by atoms with Crippen LogP contribution in [0.2, 0.25) is 0 Å². The van der Waals surface area contributed by atoms with E-state index in [-0.39, 0.29) is 24.2 Å². The number of fused-ring (bicyclic) bond motifs is 2. The Morgan fingerprint density at radius 1 is 1.18 bits per heavy atom. The molecule has 0 aliphatic carbocycles. The van der Waals surface area contributed by atoms with Gasteiger partial charge in [-0.15, -0.1) is 0 Å². The van der Waals surface area contributed by atoms with Gasteiger partial charge in [0.1, 0.15) is 18.2 Å².